The van der Waals surface area contributed by atoms with Crippen LogP contribution in [0.4, 0.5) is 0 Å². The van der Waals surface area contributed by atoms with Gasteiger partial charge in [0.2, 0.25) is 17.7 Å². The van der Waals surface area contributed by atoms with Gasteiger partial charge in [-0.1, -0.05) is 0 Å². The van der Waals surface area contributed by atoms with Gasteiger partial charge in [-0.25, -0.2) is 0 Å². The molecular formula is C18H30N6O4. The fourth-order valence-electron chi connectivity index (χ4n) is 3.97. The van der Waals surface area contributed by atoms with Crippen LogP contribution in [0, 0.1) is 0 Å². The van der Waals surface area contributed by atoms with Crippen molar-refractivity contribution < 1.29 is 19.2 Å². The van der Waals surface area contributed by atoms with E-state index >= 15 is 0 Å². The van der Waals surface area contributed by atoms with Crippen molar-refractivity contribution in [2.45, 2.75) is 76.0 Å². The number of hydrogen-bond donors (Lipinski definition) is 4. The number of fused-ring (bicyclic) bond motifs is 1. The van der Waals surface area contributed by atoms with Crippen LogP contribution >= 0.6 is 0 Å². The number of guanidine groups is 1. The first-order chi connectivity index (χ1) is 13.3. The molecule has 2 saturated heterocycles. The molecule has 2 aliphatic heterocycles. The van der Waals surface area contributed by atoms with Gasteiger partial charge < -0.3 is 31.8 Å². The van der Waals surface area contributed by atoms with Gasteiger partial charge in [0, 0.05) is 19.5 Å². The number of carbonyl (C=O) groups is 4. The number of rotatable bonds is 8. The fourth-order valence-corrected chi connectivity index (χ4v) is 3.97. The third kappa shape index (κ3) is 5.67. The predicted octanol–water partition coefficient (Wildman–Crippen LogP) is -1.23. The van der Waals surface area contributed by atoms with Crippen LogP contribution in [0.5, 0.6) is 0 Å². The average Bonchev–Trinajstić information content (AvgIpc) is 2.99. The van der Waals surface area contributed by atoms with Gasteiger partial charge in [-0.05, 0) is 44.9 Å². The van der Waals surface area contributed by atoms with Crippen LogP contribution in [0.2, 0.25) is 0 Å². The van der Waals surface area contributed by atoms with Gasteiger partial charge in [0.1, 0.15) is 18.4 Å². The number of aldehydes is 1. The third-order valence-electron chi connectivity index (χ3n) is 5.22. The third-order valence-corrected chi connectivity index (χ3v) is 5.22. The van der Waals surface area contributed by atoms with E-state index in [-0.39, 0.29) is 29.7 Å². The molecule has 156 valence electrons. The molecule has 10 heteroatoms. The molecule has 28 heavy (non-hydrogen) atoms. The van der Waals surface area contributed by atoms with E-state index in [1.165, 1.54) is 6.92 Å². The number of carbonyl (C=O) groups excluding carboxylic acids is 4. The second kappa shape index (κ2) is 10.0. The number of amides is 3. The number of nitrogens with two attached hydrogens (primary N) is 2. The van der Waals surface area contributed by atoms with Crippen molar-refractivity contribution in [3.05, 3.63) is 0 Å². The smallest absolute Gasteiger partial charge is 0.246 e. The number of aliphatic imine (C=N–C) groups is 1. The summed E-state index contributed by atoms with van der Waals surface area (Å²) in [4.78, 5) is 53.9. The Hall–Kier alpha value is -2.65. The summed E-state index contributed by atoms with van der Waals surface area (Å²) in [6, 6.07) is -1.88. The molecule has 2 heterocycles. The Morgan fingerprint density at radius 3 is 2.68 bits per heavy atom. The highest BCUT2D eigenvalue weighted by Crippen LogP contribution is 2.32. The maximum absolute atomic E-state index is 12.9. The van der Waals surface area contributed by atoms with Crippen molar-refractivity contribution in [1.82, 2.24) is 15.5 Å². The quantitative estimate of drug-likeness (QED) is 0.174. The molecule has 10 nitrogen and oxygen atoms in total. The first kappa shape index (κ1) is 21.6. The van der Waals surface area contributed by atoms with Gasteiger partial charge in [0.15, 0.2) is 5.96 Å². The van der Waals surface area contributed by atoms with Crippen molar-refractivity contribution in [3.8, 4) is 0 Å². The minimum Gasteiger partial charge on any atom is -0.370 e. The largest absolute Gasteiger partial charge is 0.370 e. The lowest BCUT2D eigenvalue weighted by Crippen LogP contribution is -2.55. The lowest BCUT2D eigenvalue weighted by atomic mass is 10.1. The predicted molar refractivity (Wildman–Crippen MR) is 103 cm³/mol. The van der Waals surface area contributed by atoms with E-state index in [1.807, 2.05) is 0 Å². The molecule has 1 unspecified atom stereocenters. The summed E-state index contributed by atoms with van der Waals surface area (Å²) in [5.41, 5.74) is 10.5. The average molecular weight is 394 g/mol. The molecule has 0 aliphatic carbocycles. The fraction of sp³-hybridized carbons (Fsp3) is 0.722. The number of nitrogens with one attached hydrogen (secondary N) is 2. The summed E-state index contributed by atoms with van der Waals surface area (Å²) >= 11 is 0. The second-order valence-corrected chi connectivity index (χ2v) is 7.38. The summed E-state index contributed by atoms with van der Waals surface area (Å²) < 4.78 is 0. The molecule has 0 aromatic rings. The van der Waals surface area contributed by atoms with E-state index in [0.717, 1.165) is 19.3 Å². The molecule has 3 amide bonds. The van der Waals surface area contributed by atoms with Gasteiger partial charge in [0.25, 0.3) is 0 Å². The standard InChI is InChI=1S/C18H30N6O4/c1-11(26)22-14-6-2-5-13-7-8-15(24(13)17(14)28)16(27)23-12(10-25)4-3-9-21-18(19)20/h10,12-15H,2-9H2,1H3,(H,22,26)(H,23,27)(H4,19,20,21)/t12?,13-,14-,15-/m0/s1. The molecule has 0 saturated carbocycles. The number of nitrogens with zero attached hydrogens (tertiary/aromatic N) is 2. The van der Waals surface area contributed by atoms with Crippen LogP contribution < -0.4 is 22.1 Å². The molecule has 0 radical (unpaired) electrons. The van der Waals surface area contributed by atoms with Gasteiger partial charge >= 0.3 is 0 Å². The van der Waals surface area contributed by atoms with Crippen LogP contribution in [0.1, 0.15) is 51.9 Å². The Labute approximate surface area is 164 Å². The van der Waals surface area contributed by atoms with Gasteiger partial charge in [-0.3, -0.25) is 19.4 Å². The van der Waals surface area contributed by atoms with Crippen molar-refractivity contribution in [2.75, 3.05) is 6.54 Å². The van der Waals surface area contributed by atoms with E-state index in [9.17, 15) is 19.2 Å². The monoisotopic (exact) mass is 394 g/mol. The zero-order valence-corrected chi connectivity index (χ0v) is 16.2. The summed E-state index contributed by atoms with van der Waals surface area (Å²) in [6.07, 6.45) is 5.12. The minimum absolute atomic E-state index is 0.00134. The second-order valence-electron chi connectivity index (χ2n) is 7.38. The van der Waals surface area contributed by atoms with E-state index in [1.54, 1.807) is 4.90 Å². The number of hydrogen-bond acceptors (Lipinski definition) is 5. The van der Waals surface area contributed by atoms with Crippen molar-refractivity contribution in [1.29, 1.82) is 0 Å². The molecule has 4 atom stereocenters. The Kier molecular flexibility index (Phi) is 7.77. The van der Waals surface area contributed by atoms with Crippen molar-refractivity contribution in [2.24, 2.45) is 16.5 Å². The van der Waals surface area contributed by atoms with Gasteiger partial charge in [-0.2, -0.15) is 0 Å². The lowest BCUT2D eigenvalue weighted by molar-refractivity contribution is -0.142. The molecule has 0 spiro atoms. The highest BCUT2D eigenvalue weighted by molar-refractivity contribution is 5.93. The highest BCUT2D eigenvalue weighted by Gasteiger charge is 2.44. The molecule has 0 aromatic carbocycles. The van der Waals surface area contributed by atoms with Gasteiger partial charge in [0.05, 0.1) is 6.04 Å². The normalized spacial score (nSPS) is 25.2. The van der Waals surface area contributed by atoms with E-state index in [0.29, 0.717) is 38.5 Å². The van der Waals surface area contributed by atoms with Gasteiger partial charge in [-0.15, -0.1) is 0 Å². The van der Waals surface area contributed by atoms with Crippen LogP contribution in [0.3, 0.4) is 0 Å². The molecule has 0 bridgehead atoms. The van der Waals surface area contributed by atoms with E-state index in [2.05, 4.69) is 15.6 Å². The van der Waals surface area contributed by atoms with Crippen LogP contribution in [0.25, 0.3) is 0 Å². The topological polar surface area (TPSA) is 160 Å². The van der Waals surface area contributed by atoms with Crippen LogP contribution in [-0.4, -0.2) is 65.6 Å². The molecular weight excluding hydrogens is 364 g/mol. The minimum atomic E-state index is -0.658. The molecule has 2 aliphatic rings. The lowest BCUT2D eigenvalue weighted by Gasteiger charge is -2.31. The SMILES string of the molecule is CC(=O)N[C@H]1CCC[C@H]2CC[C@@H](C(=O)NC(C=O)CCCN=C(N)N)N2C1=O. The molecule has 0 aromatic heterocycles. The Bertz CT molecular complexity index is 634. The zero-order valence-electron chi connectivity index (χ0n) is 16.2. The van der Waals surface area contributed by atoms with Crippen molar-refractivity contribution in [3.63, 3.8) is 0 Å². The molecule has 6 N–H and O–H groups in total. The van der Waals surface area contributed by atoms with Crippen molar-refractivity contribution >= 4 is 30.0 Å². The summed E-state index contributed by atoms with van der Waals surface area (Å²) in [5, 5.41) is 5.42. The summed E-state index contributed by atoms with van der Waals surface area (Å²) in [5.74, 6) is -0.833. The first-order valence-corrected chi connectivity index (χ1v) is 9.73. The van der Waals surface area contributed by atoms with Crippen LogP contribution in [0.15, 0.2) is 4.99 Å². The van der Waals surface area contributed by atoms with Crippen LogP contribution in [-0.2, 0) is 19.2 Å². The summed E-state index contributed by atoms with van der Waals surface area (Å²) in [6.45, 7) is 1.75. The van der Waals surface area contributed by atoms with E-state index in [4.69, 9.17) is 11.5 Å². The Balaban J connectivity index is 1.99. The Morgan fingerprint density at radius 1 is 1.29 bits per heavy atom. The highest BCUT2D eigenvalue weighted by atomic mass is 16.2. The maximum atomic E-state index is 12.9. The zero-order chi connectivity index (χ0) is 20.7. The first-order valence-electron chi connectivity index (χ1n) is 9.73. The summed E-state index contributed by atoms with van der Waals surface area (Å²) in [7, 11) is 0. The molecule has 2 rings (SSSR count). The Morgan fingerprint density at radius 2 is 2.04 bits per heavy atom. The van der Waals surface area contributed by atoms with E-state index < -0.39 is 18.1 Å². The molecule has 2 fully saturated rings. The maximum Gasteiger partial charge on any atom is 0.246 e.